The fraction of sp³-hybridized carbons (Fsp3) is 1.00. The van der Waals surface area contributed by atoms with E-state index < -0.39 is 0 Å². The van der Waals surface area contributed by atoms with Crippen molar-refractivity contribution in [1.82, 2.24) is 14.7 Å². The van der Waals surface area contributed by atoms with Crippen LogP contribution in [0.2, 0.25) is 0 Å². The summed E-state index contributed by atoms with van der Waals surface area (Å²) in [5, 5.41) is 34.4. The van der Waals surface area contributed by atoms with Gasteiger partial charge in [0.25, 0.3) is 0 Å². The minimum absolute atomic E-state index is 0.273. The first-order valence-corrected chi connectivity index (χ1v) is 31.2. The zero-order valence-electron chi connectivity index (χ0n) is 48.1. The Kier molecular flexibility index (Phi) is 51.5. The SMILES string of the molecule is CCCCCCCCCCCCC(C)CN(CCN(C)CCN(CC(O)CCCCCCCCCCCC)CC(O)C(C)CCCCCCCCCC)CC(O)C(C)CCCCCCCCCC. The molecule has 3 N–H and O–H groups in total. The average Bonchev–Trinajstić information content (AvgIpc) is 3.32. The molecule has 0 aliphatic heterocycles. The Morgan fingerprint density at radius 1 is 0.294 bits per heavy atom. The third kappa shape index (κ3) is 45.6. The highest BCUT2D eigenvalue weighted by atomic mass is 16.3. The summed E-state index contributed by atoms with van der Waals surface area (Å²) < 4.78 is 0. The second-order valence-corrected chi connectivity index (χ2v) is 23.1. The van der Waals surface area contributed by atoms with E-state index in [1.165, 1.54) is 231 Å². The highest BCUT2D eigenvalue weighted by Crippen LogP contribution is 2.21. The molecule has 0 aliphatic rings. The summed E-state index contributed by atoms with van der Waals surface area (Å²) in [7, 11) is 2.26. The third-order valence-corrected chi connectivity index (χ3v) is 15.8. The molecule has 0 bridgehead atoms. The number of aliphatic hydroxyl groups excluding tert-OH is 3. The van der Waals surface area contributed by atoms with E-state index in [-0.39, 0.29) is 24.2 Å². The zero-order valence-corrected chi connectivity index (χ0v) is 48.1. The van der Waals surface area contributed by atoms with Crippen molar-refractivity contribution in [3.8, 4) is 0 Å². The van der Waals surface area contributed by atoms with Crippen molar-refractivity contribution in [2.75, 3.05) is 59.4 Å². The molecule has 410 valence electrons. The molecule has 68 heavy (non-hydrogen) atoms. The normalized spacial score (nSPS) is 14.9. The maximum atomic E-state index is 11.6. The molecule has 0 rings (SSSR count). The lowest BCUT2D eigenvalue weighted by atomic mass is 9.95. The van der Waals surface area contributed by atoms with Crippen LogP contribution in [0.4, 0.5) is 0 Å². The molecular formula is C62H129N3O3. The number of hydrogen-bond acceptors (Lipinski definition) is 6. The maximum Gasteiger partial charge on any atom is 0.0692 e. The molecule has 0 saturated heterocycles. The van der Waals surface area contributed by atoms with Crippen molar-refractivity contribution < 1.29 is 15.3 Å². The first-order valence-electron chi connectivity index (χ1n) is 31.2. The molecule has 0 amide bonds. The van der Waals surface area contributed by atoms with Gasteiger partial charge >= 0.3 is 0 Å². The van der Waals surface area contributed by atoms with Gasteiger partial charge in [-0.1, -0.05) is 280 Å². The van der Waals surface area contributed by atoms with Crippen molar-refractivity contribution in [3.63, 3.8) is 0 Å². The number of likely N-dealkylation sites (N-methyl/N-ethyl adjacent to an activating group) is 1. The van der Waals surface area contributed by atoms with E-state index in [0.717, 1.165) is 65.0 Å². The Bertz CT molecular complexity index is 896. The Labute approximate surface area is 429 Å². The molecule has 0 spiro atoms. The van der Waals surface area contributed by atoms with Crippen LogP contribution in [0, 0.1) is 17.8 Å². The van der Waals surface area contributed by atoms with E-state index in [4.69, 9.17) is 0 Å². The van der Waals surface area contributed by atoms with Crippen LogP contribution < -0.4 is 0 Å². The van der Waals surface area contributed by atoms with Crippen LogP contribution in [0.3, 0.4) is 0 Å². The molecule has 0 aromatic carbocycles. The third-order valence-electron chi connectivity index (χ3n) is 15.8. The van der Waals surface area contributed by atoms with E-state index >= 15 is 0 Å². The van der Waals surface area contributed by atoms with E-state index in [0.29, 0.717) is 24.9 Å². The van der Waals surface area contributed by atoms with Crippen LogP contribution in [0.15, 0.2) is 0 Å². The van der Waals surface area contributed by atoms with Gasteiger partial charge in [0.15, 0.2) is 0 Å². The van der Waals surface area contributed by atoms with Crippen LogP contribution in [0.25, 0.3) is 0 Å². The largest absolute Gasteiger partial charge is 0.392 e. The second kappa shape index (κ2) is 51.7. The lowest BCUT2D eigenvalue weighted by Crippen LogP contribution is -2.45. The predicted octanol–water partition coefficient (Wildman–Crippen LogP) is 17.2. The molecule has 0 heterocycles. The fourth-order valence-corrected chi connectivity index (χ4v) is 10.5. The summed E-state index contributed by atoms with van der Waals surface area (Å²) in [5.41, 5.74) is 0. The summed E-state index contributed by atoms with van der Waals surface area (Å²) in [5.74, 6) is 1.23. The van der Waals surface area contributed by atoms with Crippen molar-refractivity contribution in [2.24, 2.45) is 17.8 Å². The highest BCUT2D eigenvalue weighted by Gasteiger charge is 2.22. The van der Waals surface area contributed by atoms with Gasteiger partial charge in [0, 0.05) is 52.4 Å². The fourth-order valence-electron chi connectivity index (χ4n) is 10.5. The Balaban J connectivity index is 5.35. The smallest absolute Gasteiger partial charge is 0.0692 e. The average molecular weight is 965 g/mol. The summed E-state index contributed by atoms with van der Waals surface area (Å²) in [4.78, 5) is 7.44. The molecule has 0 radical (unpaired) electrons. The molecule has 0 saturated carbocycles. The lowest BCUT2D eigenvalue weighted by Gasteiger charge is -2.33. The highest BCUT2D eigenvalue weighted by molar-refractivity contribution is 4.76. The maximum absolute atomic E-state index is 11.6. The molecule has 6 unspecified atom stereocenters. The number of aliphatic hydroxyl groups is 3. The van der Waals surface area contributed by atoms with Crippen LogP contribution in [-0.2, 0) is 0 Å². The van der Waals surface area contributed by atoms with E-state index in [1.54, 1.807) is 0 Å². The number of rotatable bonds is 56. The first kappa shape index (κ1) is 67.8. The van der Waals surface area contributed by atoms with Gasteiger partial charge in [-0.25, -0.2) is 0 Å². The molecule has 0 fully saturated rings. The molecule has 0 aliphatic carbocycles. The molecule has 0 aromatic heterocycles. The monoisotopic (exact) mass is 964 g/mol. The minimum Gasteiger partial charge on any atom is -0.392 e. The quantitative estimate of drug-likeness (QED) is 0.0528. The van der Waals surface area contributed by atoms with Gasteiger partial charge in [0.2, 0.25) is 0 Å². The molecule has 0 aromatic rings. The van der Waals surface area contributed by atoms with Gasteiger partial charge in [0.05, 0.1) is 18.3 Å². The minimum atomic E-state index is -0.365. The molecule has 6 nitrogen and oxygen atoms in total. The van der Waals surface area contributed by atoms with Crippen LogP contribution in [-0.4, -0.2) is 108 Å². The summed E-state index contributed by atoms with van der Waals surface area (Å²) in [6, 6.07) is 0. The Morgan fingerprint density at radius 2 is 0.559 bits per heavy atom. The molecule has 6 heteroatoms. The van der Waals surface area contributed by atoms with Crippen molar-refractivity contribution in [2.45, 2.75) is 324 Å². The van der Waals surface area contributed by atoms with Gasteiger partial charge in [-0.2, -0.15) is 0 Å². The Morgan fingerprint density at radius 3 is 0.882 bits per heavy atom. The van der Waals surface area contributed by atoms with Crippen molar-refractivity contribution >= 4 is 0 Å². The summed E-state index contributed by atoms with van der Waals surface area (Å²) in [6.07, 6.45) is 51.6. The second-order valence-electron chi connectivity index (χ2n) is 23.1. The first-order chi connectivity index (χ1) is 33.1. The summed E-state index contributed by atoms with van der Waals surface area (Å²) >= 11 is 0. The van der Waals surface area contributed by atoms with E-state index in [9.17, 15) is 15.3 Å². The standard InChI is InChI=1S/C62H129N3O3/c1-9-13-17-21-25-29-31-33-37-41-45-57(5)53-64(55-61(67)58(6)46-42-38-34-27-23-19-15-11-3)51-49-63(8)50-52-65(54-60(66)48-44-40-36-32-30-26-22-18-14-10-2)56-62(68)59(7)47-43-39-35-28-24-20-16-12-4/h57-62,66-68H,9-56H2,1-8H3. The Hall–Kier alpha value is -0.240. The van der Waals surface area contributed by atoms with Gasteiger partial charge in [-0.15, -0.1) is 0 Å². The van der Waals surface area contributed by atoms with Crippen LogP contribution in [0.1, 0.15) is 305 Å². The lowest BCUT2D eigenvalue weighted by molar-refractivity contribution is 0.0348. The number of hydrogen-bond donors (Lipinski definition) is 3. The molecular weight excluding hydrogens is 835 g/mol. The van der Waals surface area contributed by atoms with Crippen molar-refractivity contribution in [3.05, 3.63) is 0 Å². The van der Waals surface area contributed by atoms with E-state index in [2.05, 4.69) is 70.2 Å². The van der Waals surface area contributed by atoms with Gasteiger partial charge < -0.3 is 20.2 Å². The number of unbranched alkanes of at least 4 members (excludes halogenated alkanes) is 32. The van der Waals surface area contributed by atoms with E-state index in [1.807, 2.05) is 0 Å². The summed E-state index contributed by atoms with van der Waals surface area (Å²) in [6.45, 7) is 23.0. The topological polar surface area (TPSA) is 70.4 Å². The van der Waals surface area contributed by atoms with Crippen LogP contribution >= 0.6 is 0 Å². The predicted molar refractivity (Wildman–Crippen MR) is 303 cm³/mol. The molecule has 6 atom stereocenters. The van der Waals surface area contributed by atoms with Crippen molar-refractivity contribution in [1.29, 1.82) is 0 Å². The van der Waals surface area contributed by atoms with Gasteiger partial charge in [-0.3, -0.25) is 9.80 Å². The van der Waals surface area contributed by atoms with Gasteiger partial charge in [-0.05, 0) is 50.5 Å². The number of nitrogens with zero attached hydrogens (tertiary/aromatic N) is 3. The van der Waals surface area contributed by atoms with Crippen LogP contribution in [0.5, 0.6) is 0 Å². The van der Waals surface area contributed by atoms with Gasteiger partial charge in [0.1, 0.15) is 0 Å². The zero-order chi connectivity index (χ0) is 50.1.